The molecule has 0 aromatic heterocycles. The largest absolute Gasteiger partial charge is 0.398 e. The van der Waals surface area contributed by atoms with Crippen LogP contribution in [0.1, 0.15) is 36.0 Å². The van der Waals surface area contributed by atoms with E-state index in [0.29, 0.717) is 16.1 Å². The van der Waals surface area contributed by atoms with Crippen LogP contribution in [0.25, 0.3) is 0 Å². The van der Waals surface area contributed by atoms with Gasteiger partial charge < -0.3 is 10.5 Å². The molecule has 1 saturated carbocycles. The number of hydrogen-bond donors (Lipinski definition) is 2. The molecule has 0 heterocycles. The van der Waals surface area contributed by atoms with Gasteiger partial charge in [-0.1, -0.05) is 6.07 Å². The number of nitrogens with one attached hydrogen (secondary N) is 1. The maximum atomic E-state index is 12.7. The summed E-state index contributed by atoms with van der Waals surface area (Å²) in [5.41, 5.74) is 8.77. The molecule has 1 aliphatic rings. The summed E-state index contributed by atoms with van der Waals surface area (Å²) in [4.78, 5) is 0.298. The first-order chi connectivity index (χ1) is 9.77. The van der Waals surface area contributed by atoms with Gasteiger partial charge in [0.25, 0.3) is 0 Å². The predicted octanol–water partition coefficient (Wildman–Crippen LogP) is 2.04. The summed E-state index contributed by atoms with van der Waals surface area (Å²) in [5, 5.41) is 0. The maximum absolute atomic E-state index is 12.7. The average Bonchev–Trinajstić information content (AvgIpc) is 2.82. The van der Waals surface area contributed by atoms with Gasteiger partial charge in [-0.05, 0) is 56.7 Å². The molecule has 0 aliphatic heterocycles. The molecule has 118 valence electrons. The van der Waals surface area contributed by atoms with E-state index in [9.17, 15) is 8.42 Å². The minimum absolute atomic E-state index is 0.0526. The number of hydrogen-bond acceptors (Lipinski definition) is 4. The molecule has 0 spiro atoms. The topological polar surface area (TPSA) is 81.4 Å². The van der Waals surface area contributed by atoms with Gasteiger partial charge in [0.2, 0.25) is 10.0 Å². The highest BCUT2D eigenvalue weighted by Crippen LogP contribution is 2.30. The molecular formula is C15H24N2O3S. The maximum Gasteiger partial charge on any atom is 0.241 e. The smallest absolute Gasteiger partial charge is 0.241 e. The molecule has 0 bridgehead atoms. The normalized spacial score (nSPS) is 22.7. The minimum Gasteiger partial charge on any atom is -0.398 e. The van der Waals surface area contributed by atoms with E-state index in [0.717, 1.165) is 30.4 Å². The Labute approximate surface area is 126 Å². The van der Waals surface area contributed by atoms with E-state index in [1.54, 1.807) is 21.0 Å². The van der Waals surface area contributed by atoms with Gasteiger partial charge in [-0.2, -0.15) is 0 Å². The molecule has 0 radical (unpaired) electrons. The molecule has 3 N–H and O–H groups in total. The molecule has 0 amide bonds. The zero-order chi connectivity index (χ0) is 15.8. The van der Waals surface area contributed by atoms with Crippen molar-refractivity contribution in [2.45, 2.75) is 57.1 Å². The average molecular weight is 312 g/mol. The Bertz CT molecular complexity index is 641. The lowest BCUT2D eigenvalue weighted by Gasteiger charge is -2.22. The monoisotopic (exact) mass is 312 g/mol. The number of anilines is 1. The molecule has 1 fully saturated rings. The molecule has 21 heavy (non-hydrogen) atoms. The summed E-state index contributed by atoms with van der Waals surface area (Å²) in [7, 11) is -1.97. The van der Waals surface area contributed by atoms with Crippen LogP contribution < -0.4 is 10.5 Å². The first-order valence-corrected chi connectivity index (χ1v) is 8.67. The molecule has 2 unspecified atom stereocenters. The fourth-order valence-corrected chi connectivity index (χ4v) is 4.98. The van der Waals surface area contributed by atoms with Crippen LogP contribution in [-0.4, -0.2) is 27.7 Å². The zero-order valence-corrected chi connectivity index (χ0v) is 13.9. The summed E-state index contributed by atoms with van der Waals surface area (Å²) in [5.74, 6) is 0. The number of ether oxygens (including phenoxy) is 1. The Morgan fingerprint density at radius 3 is 2.52 bits per heavy atom. The Kier molecular flexibility index (Phi) is 4.60. The Hall–Kier alpha value is -1.11. The lowest BCUT2D eigenvalue weighted by Crippen LogP contribution is -2.41. The van der Waals surface area contributed by atoms with Crippen LogP contribution in [0.2, 0.25) is 0 Å². The third-order valence-corrected chi connectivity index (χ3v) is 6.07. The van der Waals surface area contributed by atoms with Crippen LogP contribution in [0.5, 0.6) is 0 Å². The van der Waals surface area contributed by atoms with Gasteiger partial charge in [-0.15, -0.1) is 0 Å². The van der Waals surface area contributed by atoms with Crippen molar-refractivity contribution in [1.29, 1.82) is 0 Å². The number of nitrogen functional groups attached to an aromatic ring is 1. The summed E-state index contributed by atoms with van der Waals surface area (Å²) in [6.07, 6.45) is 2.61. The SMILES string of the molecule is COC1CCCC1NS(=O)(=O)c1c(C)cc(C)c(N)c1C. The zero-order valence-electron chi connectivity index (χ0n) is 13.1. The van der Waals surface area contributed by atoms with E-state index in [-0.39, 0.29) is 12.1 Å². The van der Waals surface area contributed by atoms with E-state index in [1.165, 1.54) is 0 Å². The molecular weight excluding hydrogens is 288 g/mol. The lowest BCUT2D eigenvalue weighted by atomic mass is 10.1. The van der Waals surface area contributed by atoms with Crippen LogP contribution in [0.3, 0.4) is 0 Å². The van der Waals surface area contributed by atoms with E-state index >= 15 is 0 Å². The van der Waals surface area contributed by atoms with Gasteiger partial charge in [-0.25, -0.2) is 13.1 Å². The second-order valence-corrected chi connectivity index (χ2v) is 7.46. The fourth-order valence-electron chi connectivity index (χ4n) is 3.20. The van der Waals surface area contributed by atoms with E-state index in [1.807, 2.05) is 13.0 Å². The first-order valence-electron chi connectivity index (χ1n) is 7.19. The van der Waals surface area contributed by atoms with Gasteiger partial charge in [0.1, 0.15) is 0 Å². The van der Waals surface area contributed by atoms with Crippen molar-refractivity contribution < 1.29 is 13.2 Å². The van der Waals surface area contributed by atoms with Gasteiger partial charge in [-0.3, -0.25) is 0 Å². The number of benzene rings is 1. The van der Waals surface area contributed by atoms with Gasteiger partial charge >= 0.3 is 0 Å². The predicted molar refractivity (Wildman–Crippen MR) is 83.8 cm³/mol. The Morgan fingerprint density at radius 1 is 1.24 bits per heavy atom. The highest BCUT2D eigenvalue weighted by atomic mass is 32.2. The summed E-state index contributed by atoms with van der Waals surface area (Å²) < 4.78 is 33.6. The molecule has 0 saturated heterocycles. The van der Waals surface area contributed by atoms with Crippen LogP contribution in [0.15, 0.2) is 11.0 Å². The Morgan fingerprint density at radius 2 is 1.90 bits per heavy atom. The van der Waals surface area contributed by atoms with Crippen molar-refractivity contribution >= 4 is 15.7 Å². The highest BCUT2D eigenvalue weighted by Gasteiger charge is 2.32. The molecule has 5 nitrogen and oxygen atoms in total. The fraction of sp³-hybridized carbons (Fsp3) is 0.600. The number of rotatable bonds is 4. The van der Waals surface area contributed by atoms with Crippen molar-refractivity contribution in [1.82, 2.24) is 4.72 Å². The summed E-state index contributed by atoms with van der Waals surface area (Å²) >= 11 is 0. The second kappa shape index (κ2) is 5.94. The van der Waals surface area contributed by atoms with Crippen molar-refractivity contribution in [3.8, 4) is 0 Å². The number of nitrogens with two attached hydrogens (primary N) is 1. The number of aryl methyl sites for hydroxylation is 2. The highest BCUT2D eigenvalue weighted by molar-refractivity contribution is 7.89. The van der Waals surface area contributed by atoms with E-state index in [4.69, 9.17) is 10.5 Å². The Balaban J connectivity index is 2.39. The quantitative estimate of drug-likeness (QED) is 0.834. The molecule has 1 aromatic rings. The van der Waals surface area contributed by atoms with Crippen LogP contribution in [0, 0.1) is 20.8 Å². The number of sulfonamides is 1. The third-order valence-electron chi connectivity index (χ3n) is 4.29. The molecule has 1 aromatic carbocycles. The summed E-state index contributed by atoms with van der Waals surface area (Å²) in [6, 6.07) is 1.65. The van der Waals surface area contributed by atoms with E-state index in [2.05, 4.69) is 4.72 Å². The molecule has 2 rings (SSSR count). The third kappa shape index (κ3) is 3.07. The first kappa shape index (κ1) is 16.3. The standard InChI is InChI=1S/C15H24N2O3S/c1-9-8-10(2)15(11(3)14(9)16)21(18,19)17-12-6-5-7-13(12)20-4/h8,12-13,17H,5-7,16H2,1-4H3. The van der Waals surface area contributed by atoms with Gasteiger partial charge in [0.05, 0.1) is 11.0 Å². The molecule has 2 atom stereocenters. The lowest BCUT2D eigenvalue weighted by molar-refractivity contribution is 0.0916. The van der Waals surface area contributed by atoms with Crippen molar-refractivity contribution in [3.05, 3.63) is 22.8 Å². The van der Waals surface area contributed by atoms with Crippen LogP contribution in [0.4, 0.5) is 5.69 Å². The van der Waals surface area contributed by atoms with Gasteiger partial charge in [0, 0.05) is 18.8 Å². The molecule has 6 heteroatoms. The summed E-state index contributed by atoms with van der Waals surface area (Å²) in [6.45, 7) is 5.44. The van der Waals surface area contributed by atoms with Gasteiger partial charge in [0.15, 0.2) is 0 Å². The van der Waals surface area contributed by atoms with Crippen molar-refractivity contribution in [2.75, 3.05) is 12.8 Å². The second-order valence-electron chi connectivity index (χ2n) is 5.81. The van der Waals surface area contributed by atoms with Crippen molar-refractivity contribution in [3.63, 3.8) is 0 Å². The number of methoxy groups -OCH3 is 1. The minimum atomic E-state index is -3.60. The van der Waals surface area contributed by atoms with E-state index < -0.39 is 10.0 Å². The van der Waals surface area contributed by atoms with Crippen LogP contribution in [-0.2, 0) is 14.8 Å². The molecule has 1 aliphatic carbocycles. The van der Waals surface area contributed by atoms with Crippen LogP contribution >= 0.6 is 0 Å². The van der Waals surface area contributed by atoms with Crippen molar-refractivity contribution in [2.24, 2.45) is 0 Å².